The van der Waals surface area contributed by atoms with Crippen LogP contribution in [0, 0.1) is 4.77 Å². The third kappa shape index (κ3) is 2.96. The van der Waals surface area contributed by atoms with Crippen molar-refractivity contribution in [3.05, 3.63) is 33.0 Å². The topological polar surface area (TPSA) is 68.9 Å². The van der Waals surface area contributed by atoms with Gasteiger partial charge < -0.3 is 10.1 Å². The molecule has 0 saturated carbocycles. The lowest BCUT2D eigenvalue weighted by atomic mass is 10.3. The second-order valence-corrected chi connectivity index (χ2v) is 2.85. The van der Waals surface area contributed by atoms with Crippen LogP contribution < -0.4 is 5.56 Å². The van der Waals surface area contributed by atoms with Crippen LogP contribution >= 0.6 is 12.2 Å². The molecule has 1 aromatic heterocycles. The summed E-state index contributed by atoms with van der Waals surface area (Å²) in [4.78, 5) is 16.3. The van der Waals surface area contributed by atoms with Gasteiger partial charge in [0.1, 0.15) is 0 Å². The van der Waals surface area contributed by atoms with Crippen LogP contribution in [0.3, 0.4) is 0 Å². The average Bonchev–Trinajstić information content (AvgIpc) is 2.09. The Hall–Kier alpha value is -1.20. The molecule has 0 spiro atoms. The quantitative estimate of drug-likeness (QED) is 0.630. The fourth-order valence-corrected chi connectivity index (χ4v) is 0.980. The van der Waals surface area contributed by atoms with Crippen molar-refractivity contribution in [3.8, 4) is 0 Å². The standard InChI is InChI=1S/C8H10N2O2S/c11-4-2-1-3-6-5-9-8(13)10-7(6)12/h1,3,5,11H,2,4H2,(H2,9,10,12,13)/b3-1+. The van der Waals surface area contributed by atoms with E-state index >= 15 is 0 Å². The van der Waals surface area contributed by atoms with E-state index in [0.717, 1.165) is 0 Å². The molecule has 0 bridgehead atoms. The number of aliphatic hydroxyl groups excluding tert-OH is 1. The zero-order valence-electron chi connectivity index (χ0n) is 6.91. The van der Waals surface area contributed by atoms with Crippen molar-refractivity contribution in [3.63, 3.8) is 0 Å². The van der Waals surface area contributed by atoms with Crippen molar-refractivity contribution in [2.75, 3.05) is 6.61 Å². The van der Waals surface area contributed by atoms with Crippen molar-refractivity contribution in [2.24, 2.45) is 0 Å². The summed E-state index contributed by atoms with van der Waals surface area (Å²) in [6, 6.07) is 0. The molecule has 0 radical (unpaired) electrons. The second-order valence-electron chi connectivity index (χ2n) is 2.44. The van der Waals surface area contributed by atoms with Crippen molar-refractivity contribution in [2.45, 2.75) is 6.42 Å². The summed E-state index contributed by atoms with van der Waals surface area (Å²) in [5.41, 5.74) is 0.278. The minimum absolute atomic E-state index is 0.0806. The average molecular weight is 198 g/mol. The Labute approximate surface area is 80.0 Å². The van der Waals surface area contributed by atoms with Crippen LogP contribution in [0.25, 0.3) is 6.08 Å². The molecule has 5 heteroatoms. The zero-order valence-corrected chi connectivity index (χ0v) is 7.73. The van der Waals surface area contributed by atoms with Gasteiger partial charge in [0.15, 0.2) is 4.77 Å². The first-order chi connectivity index (χ1) is 6.24. The van der Waals surface area contributed by atoms with E-state index in [1.54, 1.807) is 12.2 Å². The Morgan fingerprint density at radius 2 is 2.38 bits per heavy atom. The van der Waals surface area contributed by atoms with E-state index in [0.29, 0.717) is 16.8 Å². The number of nitrogens with one attached hydrogen (secondary N) is 2. The number of hydrogen-bond acceptors (Lipinski definition) is 3. The Morgan fingerprint density at radius 3 is 3.00 bits per heavy atom. The number of aliphatic hydroxyl groups is 1. The maximum Gasteiger partial charge on any atom is 0.258 e. The molecule has 0 aliphatic carbocycles. The zero-order chi connectivity index (χ0) is 9.68. The summed E-state index contributed by atoms with van der Waals surface area (Å²) in [5.74, 6) is 0. The normalized spacial score (nSPS) is 10.8. The molecule has 0 aliphatic heterocycles. The maximum absolute atomic E-state index is 11.2. The molecule has 3 N–H and O–H groups in total. The van der Waals surface area contributed by atoms with Gasteiger partial charge in [-0.3, -0.25) is 9.78 Å². The molecule has 0 atom stereocenters. The SMILES string of the molecule is O=c1[nH]c(=S)[nH]cc1/C=C/CCO. The lowest BCUT2D eigenvalue weighted by Gasteiger charge is -1.90. The van der Waals surface area contributed by atoms with E-state index in [9.17, 15) is 4.79 Å². The highest BCUT2D eigenvalue weighted by atomic mass is 32.1. The molecule has 1 aromatic rings. The lowest BCUT2D eigenvalue weighted by Crippen LogP contribution is -2.09. The van der Waals surface area contributed by atoms with E-state index in [2.05, 4.69) is 9.97 Å². The lowest BCUT2D eigenvalue weighted by molar-refractivity contribution is 0.303. The number of aromatic nitrogens is 2. The Balaban J connectivity index is 2.90. The van der Waals surface area contributed by atoms with E-state index < -0.39 is 0 Å². The molecular weight excluding hydrogens is 188 g/mol. The summed E-state index contributed by atoms with van der Waals surface area (Å²) in [7, 11) is 0. The molecule has 1 heterocycles. The highest BCUT2D eigenvalue weighted by molar-refractivity contribution is 7.71. The minimum Gasteiger partial charge on any atom is -0.396 e. The molecule has 0 aromatic carbocycles. The van der Waals surface area contributed by atoms with Crippen molar-refractivity contribution in [1.29, 1.82) is 0 Å². The third-order valence-corrected chi connectivity index (χ3v) is 1.66. The fraction of sp³-hybridized carbons (Fsp3) is 0.250. The molecular formula is C8H10N2O2S. The van der Waals surface area contributed by atoms with Crippen LogP contribution in [0.15, 0.2) is 17.1 Å². The van der Waals surface area contributed by atoms with Gasteiger partial charge in [0.25, 0.3) is 5.56 Å². The van der Waals surface area contributed by atoms with Gasteiger partial charge in [-0.2, -0.15) is 0 Å². The van der Waals surface area contributed by atoms with Gasteiger partial charge in [0, 0.05) is 12.8 Å². The summed E-state index contributed by atoms with van der Waals surface area (Å²) < 4.78 is 0.310. The fourth-order valence-electron chi connectivity index (χ4n) is 0.829. The summed E-state index contributed by atoms with van der Waals surface area (Å²) in [5, 5.41) is 8.50. The molecule has 0 fully saturated rings. The van der Waals surface area contributed by atoms with Gasteiger partial charge in [0.2, 0.25) is 0 Å². The highest BCUT2D eigenvalue weighted by Gasteiger charge is 1.92. The third-order valence-electron chi connectivity index (χ3n) is 1.44. The maximum atomic E-state index is 11.2. The minimum atomic E-state index is -0.224. The van der Waals surface area contributed by atoms with Crippen molar-refractivity contribution < 1.29 is 5.11 Å². The molecule has 4 nitrogen and oxygen atoms in total. The first-order valence-corrected chi connectivity index (χ1v) is 4.24. The van der Waals surface area contributed by atoms with E-state index in [-0.39, 0.29) is 12.2 Å². The van der Waals surface area contributed by atoms with Gasteiger partial charge >= 0.3 is 0 Å². The molecule has 70 valence electrons. The molecule has 0 saturated heterocycles. The monoisotopic (exact) mass is 198 g/mol. The summed E-state index contributed by atoms with van der Waals surface area (Å²) >= 11 is 4.72. The molecule has 13 heavy (non-hydrogen) atoms. The van der Waals surface area contributed by atoms with Crippen molar-refractivity contribution in [1.82, 2.24) is 9.97 Å². The van der Waals surface area contributed by atoms with Gasteiger partial charge in [-0.25, -0.2) is 0 Å². The first-order valence-electron chi connectivity index (χ1n) is 3.83. The van der Waals surface area contributed by atoms with E-state index in [1.165, 1.54) is 6.20 Å². The van der Waals surface area contributed by atoms with Crippen LogP contribution in [-0.2, 0) is 0 Å². The van der Waals surface area contributed by atoms with Crippen LogP contribution in [0.5, 0.6) is 0 Å². The van der Waals surface area contributed by atoms with E-state index in [4.69, 9.17) is 17.3 Å². The highest BCUT2D eigenvalue weighted by Crippen LogP contribution is 1.92. The predicted octanol–water partition coefficient (Wildman–Crippen LogP) is 0.828. The van der Waals surface area contributed by atoms with Gasteiger partial charge in [-0.15, -0.1) is 0 Å². The first kappa shape index (κ1) is 9.88. The van der Waals surface area contributed by atoms with Gasteiger partial charge in [-0.05, 0) is 18.6 Å². The molecule has 1 rings (SSSR count). The largest absolute Gasteiger partial charge is 0.396 e. The Morgan fingerprint density at radius 1 is 1.62 bits per heavy atom. The van der Waals surface area contributed by atoms with Crippen LogP contribution in [-0.4, -0.2) is 21.7 Å². The molecule has 0 amide bonds. The smallest absolute Gasteiger partial charge is 0.258 e. The van der Waals surface area contributed by atoms with Crippen LogP contribution in [0.4, 0.5) is 0 Å². The van der Waals surface area contributed by atoms with E-state index in [1.807, 2.05) is 0 Å². The predicted molar refractivity (Wildman–Crippen MR) is 53.0 cm³/mol. The van der Waals surface area contributed by atoms with Crippen molar-refractivity contribution >= 4 is 18.3 Å². The number of aromatic amines is 2. The van der Waals surface area contributed by atoms with Crippen LogP contribution in [0.2, 0.25) is 0 Å². The Bertz CT molecular complexity index is 405. The number of hydrogen-bond donors (Lipinski definition) is 3. The summed E-state index contributed by atoms with van der Waals surface area (Å²) in [6.45, 7) is 0.0806. The molecule has 0 aliphatic rings. The van der Waals surface area contributed by atoms with Crippen LogP contribution in [0.1, 0.15) is 12.0 Å². The van der Waals surface area contributed by atoms with Gasteiger partial charge in [-0.1, -0.05) is 12.2 Å². The summed E-state index contributed by atoms with van der Waals surface area (Å²) in [6.07, 6.45) is 5.44. The molecule has 0 unspecified atom stereocenters. The number of rotatable bonds is 3. The second kappa shape index (κ2) is 4.74. The number of H-pyrrole nitrogens is 2. The Kier molecular flexibility index (Phi) is 3.60. The van der Waals surface area contributed by atoms with Gasteiger partial charge in [0.05, 0.1) is 5.56 Å².